The average molecular weight is 563 g/mol. The number of nitrogens with zero attached hydrogens (tertiary/aromatic N) is 4. The van der Waals surface area contributed by atoms with Crippen LogP contribution < -0.4 is 5.32 Å². The smallest absolute Gasteiger partial charge is 0.220 e. The maximum Gasteiger partial charge on any atom is 0.220 e. The molecule has 11 heteroatoms. The lowest BCUT2D eigenvalue weighted by Crippen LogP contribution is -2.54. The first-order chi connectivity index (χ1) is 14.4. The van der Waals surface area contributed by atoms with Crippen LogP contribution in [0.25, 0.3) is 0 Å². The summed E-state index contributed by atoms with van der Waals surface area (Å²) in [6, 6.07) is 8.49. The van der Waals surface area contributed by atoms with Crippen molar-refractivity contribution < 1.29 is 17.3 Å². The molecule has 0 spiro atoms. The summed E-state index contributed by atoms with van der Waals surface area (Å²) in [5.74, 6) is 0.380. The number of hydrogen-bond donors (Lipinski definition) is 1. The van der Waals surface area contributed by atoms with Crippen LogP contribution in [0.2, 0.25) is 0 Å². The van der Waals surface area contributed by atoms with Crippen molar-refractivity contribution in [2.24, 2.45) is 4.99 Å². The molecule has 1 saturated carbocycles. The normalized spacial score (nSPS) is 19.0. The molecule has 1 aliphatic heterocycles. The van der Waals surface area contributed by atoms with Gasteiger partial charge in [-0.05, 0) is 24.5 Å². The maximum atomic E-state index is 14.2. The second kappa shape index (κ2) is 9.82. The number of aromatic nitrogens is 1. The molecule has 1 saturated heterocycles. The highest BCUT2D eigenvalue weighted by atomic mass is 127. The summed E-state index contributed by atoms with van der Waals surface area (Å²) < 4.78 is 45.6. The number of piperazine rings is 1. The van der Waals surface area contributed by atoms with Gasteiger partial charge < -0.3 is 14.7 Å². The van der Waals surface area contributed by atoms with Crippen LogP contribution in [0.4, 0.5) is 4.39 Å². The van der Waals surface area contributed by atoms with Crippen molar-refractivity contribution in [2.75, 3.05) is 39.8 Å². The van der Waals surface area contributed by atoms with Crippen LogP contribution in [-0.2, 0) is 21.2 Å². The average Bonchev–Trinajstić information content (AvgIpc) is 3.36. The van der Waals surface area contributed by atoms with Gasteiger partial charge in [-0.15, -0.1) is 24.0 Å². The van der Waals surface area contributed by atoms with Crippen LogP contribution in [0, 0.1) is 5.82 Å². The summed E-state index contributed by atoms with van der Waals surface area (Å²) in [7, 11) is -1.74. The van der Waals surface area contributed by atoms with E-state index in [4.69, 9.17) is 4.52 Å². The first-order valence-electron chi connectivity index (χ1n) is 10.0. The third kappa shape index (κ3) is 5.37. The SMILES string of the molecule is CN=C(NCC1(c2ccccc2F)CC1)N1CCN(S(=O)(=O)Cc2ccon2)CC1.I. The Morgan fingerprint density at radius 1 is 1.23 bits per heavy atom. The predicted molar refractivity (Wildman–Crippen MR) is 126 cm³/mol. The highest BCUT2D eigenvalue weighted by Gasteiger charge is 2.46. The molecule has 0 unspecified atom stereocenters. The zero-order valence-corrected chi connectivity index (χ0v) is 20.5. The summed E-state index contributed by atoms with van der Waals surface area (Å²) in [6.45, 7) is 2.42. The number of halogens is 2. The maximum absolute atomic E-state index is 14.2. The molecule has 2 aliphatic rings. The minimum Gasteiger partial charge on any atom is -0.364 e. The van der Waals surface area contributed by atoms with Gasteiger partial charge in [-0.1, -0.05) is 23.4 Å². The highest BCUT2D eigenvalue weighted by Crippen LogP contribution is 2.48. The molecule has 1 N–H and O–H groups in total. The van der Waals surface area contributed by atoms with Crippen molar-refractivity contribution in [1.82, 2.24) is 19.7 Å². The molecule has 2 heterocycles. The van der Waals surface area contributed by atoms with Crippen LogP contribution in [0.1, 0.15) is 24.1 Å². The summed E-state index contributed by atoms with van der Waals surface area (Å²) in [5.41, 5.74) is 0.957. The first-order valence-corrected chi connectivity index (χ1v) is 11.6. The molecule has 1 aromatic carbocycles. The topological polar surface area (TPSA) is 91.0 Å². The van der Waals surface area contributed by atoms with Gasteiger partial charge >= 0.3 is 0 Å². The molecule has 2 fully saturated rings. The molecule has 170 valence electrons. The summed E-state index contributed by atoms with van der Waals surface area (Å²) in [5, 5.41) is 7.07. The Balaban J connectivity index is 0.00000272. The molecule has 2 aromatic rings. The Hall–Kier alpha value is -1.73. The number of benzene rings is 1. The Morgan fingerprint density at radius 3 is 2.52 bits per heavy atom. The second-order valence-corrected chi connectivity index (χ2v) is 9.76. The lowest BCUT2D eigenvalue weighted by atomic mass is 9.95. The van der Waals surface area contributed by atoms with Gasteiger partial charge in [0, 0.05) is 51.3 Å². The van der Waals surface area contributed by atoms with Crippen LogP contribution in [-0.4, -0.2) is 68.5 Å². The van der Waals surface area contributed by atoms with Crippen molar-refractivity contribution in [1.29, 1.82) is 0 Å². The van der Waals surface area contributed by atoms with E-state index in [9.17, 15) is 12.8 Å². The Labute approximate surface area is 198 Å². The van der Waals surface area contributed by atoms with E-state index in [1.807, 2.05) is 17.0 Å². The van der Waals surface area contributed by atoms with Crippen molar-refractivity contribution in [3.8, 4) is 0 Å². The first kappa shape index (κ1) is 23.9. The van der Waals surface area contributed by atoms with Gasteiger partial charge in [0.15, 0.2) is 5.96 Å². The summed E-state index contributed by atoms with van der Waals surface area (Å²) in [4.78, 5) is 6.40. The lowest BCUT2D eigenvalue weighted by molar-refractivity contribution is 0.259. The minimum atomic E-state index is -3.45. The van der Waals surface area contributed by atoms with Crippen LogP contribution in [0.15, 0.2) is 46.1 Å². The Kier molecular flexibility index (Phi) is 7.58. The zero-order valence-electron chi connectivity index (χ0n) is 17.3. The van der Waals surface area contributed by atoms with Gasteiger partial charge in [0.25, 0.3) is 0 Å². The quantitative estimate of drug-likeness (QED) is 0.330. The van der Waals surface area contributed by atoms with E-state index >= 15 is 0 Å². The van der Waals surface area contributed by atoms with Crippen LogP contribution >= 0.6 is 24.0 Å². The van der Waals surface area contributed by atoms with E-state index in [1.165, 1.54) is 16.6 Å². The number of aliphatic imine (C=N–C) groups is 1. The van der Waals surface area contributed by atoms with E-state index in [2.05, 4.69) is 15.5 Å². The van der Waals surface area contributed by atoms with Gasteiger partial charge in [-0.3, -0.25) is 4.99 Å². The fourth-order valence-corrected chi connectivity index (χ4v) is 5.36. The molecule has 1 aromatic heterocycles. The monoisotopic (exact) mass is 563 g/mol. The predicted octanol–water partition coefficient (Wildman–Crippen LogP) is 2.19. The molecular formula is C20H27FIN5O3S. The fraction of sp³-hybridized carbons (Fsp3) is 0.500. The Morgan fingerprint density at radius 2 is 1.94 bits per heavy atom. The van der Waals surface area contributed by atoms with E-state index in [-0.39, 0.29) is 41.0 Å². The zero-order chi connectivity index (χ0) is 21.2. The molecule has 31 heavy (non-hydrogen) atoms. The van der Waals surface area contributed by atoms with Crippen molar-refractivity contribution in [3.63, 3.8) is 0 Å². The summed E-state index contributed by atoms with van der Waals surface area (Å²) >= 11 is 0. The Bertz CT molecular complexity index is 1000. The van der Waals surface area contributed by atoms with Gasteiger partial charge in [-0.2, -0.15) is 4.31 Å². The standard InChI is InChI=1S/C20H26FN5O3S.HI/c1-22-19(23-15-20(7-8-20)17-4-2-3-5-18(17)21)25-9-11-26(12-10-25)30(27,28)14-16-6-13-29-24-16;/h2-6,13H,7-12,14-15H2,1H3,(H,22,23);1H. The second-order valence-electron chi connectivity index (χ2n) is 7.79. The van der Waals surface area contributed by atoms with E-state index in [0.717, 1.165) is 18.4 Å². The number of rotatable bonds is 6. The third-order valence-corrected chi connectivity index (χ3v) is 7.66. The molecule has 4 rings (SSSR count). The number of nitrogens with one attached hydrogen (secondary N) is 1. The molecular weight excluding hydrogens is 536 g/mol. The fourth-order valence-electron chi connectivity index (χ4n) is 3.93. The molecule has 0 atom stereocenters. The van der Waals surface area contributed by atoms with Crippen molar-refractivity contribution in [3.05, 3.63) is 53.7 Å². The van der Waals surface area contributed by atoms with Crippen molar-refractivity contribution in [2.45, 2.75) is 24.0 Å². The van der Waals surface area contributed by atoms with E-state index in [0.29, 0.717) is 44.4 Å². The number of guanidine groups is 1. The molecule has 8 nitrogen and oxygen atoms in total. The van der Waals surface area contributed by atoms with Gasteiger partial charge in [0.1, 0.15) is 17.8 Å². The highest BCUT2D eigenvalue weighted by molar-refractivity contribution is 14.0. The lowest BCUT2D eigenvalue weighted by Gasteiger charge is -2.36. The largest absolute Gasteiger partial charge is 0.364 e. The van der Waals surface area contributed by atoms with Gasteiger partial charge in [0.05, 0.1) is 5.69 Å². The number of hydrogen-bond acceptors (Lipinski definition) is 5. The number of sulfonamides is 1. The van der Waals surface area contributed by atoms with Gasteiger partial charge in [0.2, 0.25) is 10.0 Å². The molecule has 0 radical (unpaired) electrons. The van der Waals surface area contributed by atoms with Crippen LogP contribution in [0.5, 0.6) is 0 Å². The molecule has 1 aliphatic carbocycles. The summed E-state index contributed by atoms with van der Waals surface area (Å²) in [6.07, 6.45) is 3.24. The molecule has 0 amide bonds. The van der Waals surface area contributed by atoms with Crippen molar-refractivity contribution >= 4 is 40.0 Å². The van der Waals surface area contributed by atoms with E-state index in [1.54, 1.807) is 19.2 Å². The van der Waals surface area contributed by atoms with E-state index < -0.39 is 10.0 Å². The third-order valence-electron chi connectivity index (χ3n) is 5.85. The van der Waals surface area contributed by atoms with Crippen LogP contribution in [0.3, 0.4) is 0 Å². The minimum absolute atomic E-state index is 0. The van der Waals surface area contributed by atoms with Gasteiger partial charge in [-0.25, -0.2) is 12.8 Å². The molecule has 0 bridgehead atoms.